The first kappa shape index (κ1) is 11.1. The summed E-state index contributed by atoms with van der Waals surface area (Å²) in [5, 5.41) is 12.6. The molecule has 1 amide bonds. The number of fused-ring (bicyclic) bond motifs is 1. The van der Waals surface area contributed by atoms with Crippen LogP contribution in [0, 0.1) is 0 Å². The minimum absolute atomic E-state index is 0.0161. The van der Waals surface area contributed by atoms with Crippen molar-refractivity contribution in [3.05, 3.63) is 34.9 Å². The molecule has 2 N–H and O–H groups in total. The monoisotopic (exact) mass is 219 g/mol. The Balaban J connectivity index is 2.39. The van der Waals surface area contributed by atoms with Crippen LogP contribution in [0.2, 0.25) is 0 Å². The van der Waals surface area contributed by atoms with Crippen LogP contribution in [0.4, 0.5) is 0 Å². The molecule has 1 aromatic carbocycles. The second-order valence-electron chi connectivity index (χ2n) is 4.20. The highest BCUT2D eigenvalue weighted by Gasteiger charge is 2.16. The summed E-state index contributed by atoms with van der Waals surface area (Å²) in [4.78, 5) is 11.8. The van der Waals surface area contributed by atoms with E-state index in [1.54, 1.807) is 0 Å². The van der Waals surface area contributed by atoms with E-state index in [0.717, 1.165) is 36.1 Å². The fraction of sp³-hybridized carbons (Fsp3) is 0.462. The van der Waals surface area contributed by atoms with Gasteiger partial charge >= 0.3 is 0 Å². The Labute approximate surface area is 95.5 Å². The predicted octanol–water partition coefficient (Wildman–Crippen LogP) is 1.81. The van der Waals surface area contributed by atoms with Gasteiger partial charge in [0.25, 0.3) is 5.91 Å². The van der Waals surface area contributed by atoms with Gasteiger partial charge in [-0.05, 0) is 36.5 Å². The van der Waals surface area contributed by atoms with E-state index in [4.69, 9.17) is 0 Å². The molecular formula is C13H17NO2. The Hall–Kier alpha value is -1.35. The summed E-state index contributed by atoms with van der Waals surface area (Å²) in [5.74, 6) is -0.0161. The van der Waals surface area contributed by atoms with Crippen molar-refractivity contribution in [1.82, 2.24) is 5.32 Å². The first-order valence-corrected chi connectivity index (χ1v) is 5.81. The second-order valence-corrected chi connectivity index (χ2v) is 4.20. The van der Waals surface area contributed by atoms with E-state index in [1.807, 2.05) is 25.1 Å². The molecule has 1 aliphatic rings. The third-order valence-corrected chi connectivity index (χ3v) is 3.06. The van der Waals surface area contributed by atoms with E-state index in [9.17, 15) is 9.90 Å². The van der Waals surface area contributed by atoms with Crippen LogP contribution in [0.1, 0.15) is 47.4 Å². The van der Waals surface area contributed by atoms with Crippen LogP contribution >= 0.6 is 0 Å². The number of hydrogen-bond donors (Lipinski definition) is 2. The zero-order chi connectivity index (χ0) is 11.5. The van der Waals surface area contributed by atoms with E-state index in [1.165, 1.54) is 0 Å². The molecule has 1 heterocycles. The van der Waals surface area contributed by atoms with Crippen LogP contribution in [0.15, 0.2) is 18.2 Å². The fourth-order valence-electron chi connectivity index (χ4n) is 2.04. The largest absolute Gasteiger partial charge is 0.388 e. The SMILES string of the molecule is CC[C@@H](O)c1ccc2c(c1)C(=O)NCCC2. The Morgan fingerprint density at radius 3 is 3.06 bits per heavy atom. The van der Waals surface area contributed by atoms with Crippen LogP contribution in [0.25, 0.3) is 0 Å². The van der Waals surface area contributed by atoms with Crippen molar-refractivity contribution in [3.8, 4) is 0 Å². The van der Waals surface area contributed by atoms with E-state index >= 15 is 0 Å². The molecule has 1 atom stereocenters. The summed E-state index contributed by atoms with van der Waals surface area (Å²) in [6.45, 7) is 2.66. The quantitative estimate of drug-likeness (QED) is 0.797. The van der Waals surface area contributed by atoms with Crippen LogP contribution in [0.3, 0.4) is 0 Å². The number of rotatable bonds is 2. The average molecular weight is 219 g/mol. The molecule has 1 aromatic rings. The molecule has 2 rings (SSSR count). The number of carbonyl (C=O) groups excluding carboxylic acids is 1. The molecular weight excluding hydrogens is 202 g/mol. The molecule has 0 bridgehead atoms. The lowest BCUT2D eigenvalue weighted by molar-refractivity contribution is 0.0955. The van der Waals surface area contributed by atoms with Gasteiger partial charge in [-0.15, -0.1) is 0 Å². The number of hydrogen-bond acceptors (Lipinski definition) is 2. The number of benzene rings is 1. The number of aliphatic hydroxyl groups excluding tert-OH is 1. The third kappa shape index (κ3) is 2.09. The molecule has 86 valence electrons. The lowest BCUT2D eigenvalue weighted by atomic mass is 9.98. The first-order chi connectivity index (χ1) is 7.72. The summed E-state index contributed by atoms with van der Waals surface area (Å²) in [6.07, 6.45) is 2.10. The summed E-state index contributed by atoms with van der Waals surface area (Å²) in [5.41, 5.74) is 2.64. The smallest absolute Gasteiger partial charge is 0.251 e. The van der Waals surface area contributed by atoms with Gasteiger partial charge in [-0.25, -0.2) is 0 Å². The molecule has 0 saturated carbocycles. The molecule has 1 aliphatic heterocycles. The number of carbonyl (C=O) groups is 1. The number of aliphatic hydroxyl groups is 1. The van der Waals surface area contributed by atoms with Crippen molar-refractivity contribution in [2.45, 2.75) is 32.3 Å². The van der Waals surface area contributed by atoms with Crippen molar-refractivity contribution < 1.29 is 9.90 Å². The Kier molecular flexibility index (Phi) is 3.25. The standard InChI is InChI=1S/C13H17NO2/c1-2-12(15)10-6-5-9-4-3-7-14-13(16)11(9)8-10/h5-6,8,12,15H,2-4,7H2,1H3,(H,14,16)/t12-/m1/s1. The van der Waals surface area contributed by atoms with Gasteiger partial charge in [0.05, 0.1) is 6.10 Å². The molecule has 0 spiro atoms. The highest BCUT2D eigenvalue weighted by atomic mass is 16.3. The second kappa shape index (κ2) is 4.66. The first-order valence-electron chi connectivity index (χ1n) is 5.81. The fourth-order valence-corrected chi connectivity index (χ4v) is 2.04. The maximum absolute atomic E-state index is 11.8. The van der Waals surface area contributed by atoms with Crippen LogP contribution in [-0.4, -0.2) is 17.6 Å². The van der Waals surface area contributed by atoms with Crippen LogP contribution in [0.5, 0.6) is 0 Å². The number of aryl methyl sites for hydroxylation is 1. The summed E-state index contributed by atoms with van der Waals surface area (Å²) >= 11 is 0. The highest BCUT2D eigenvalue weighted by molar-refractivity contribution is 5.96. The van der Waals surface area contributed by atoms with E-state index in [2.05, 4.69) is 5.32 Å². The molecule has 0 unspecified atom stereocenters. The summed E-state index contributed by atoms with van der Waals surface area (Å²) < 4.78 is 0. The molecule has 16 heavy (non-hydrogen) atoms. The number of amides is 1. The summed E-state index contributed by atoms with van der Waals surface area (Å²) in [7, 11) is 0. The Bertz CT molecular complexity index is 401. The molecule has 3 heteroatoms. The minimum atomic E-state index is -0.471. The van der Waals surface area contributed by atoms with Gasteiger partial charge in [0.1, 0.15) is 0 Å². The molecule has 3 nitrogen and oxygen atoms in total. The highest BCUT2D eigenvalue weighted by Crippen LogP contribution is 2.22. The molecule has 0 aromatic heterocycles. The maximum Gasteiger partial charge on any atom is 0.251 e. The van der Waals surface area contributed by atoms with Gasteiger partial charge in [-0.1, -0.05) is 19.1 Å². The van der Waals surface area contributed by atoms with Crippen LogP contribution in [-0.2, 0) is 6.42 Å². The maximum atomic E-state index is 11.8. The van der Waals surface area contributed by atoms with Gasteiger partial charge in [0.2, 0.25) is 0 Å². The van der Waals surface area contributed by atoms with Gasteiger partial charge in [-0.2, -0.15) is 0 Å². The average Bonchev–Trinajstić information content (AvgIpc) is 2.50. The minimum Gasteiger partial charge on any atom is -0.388 e. The van der Waals surface area contributed by atoms with Crippen molar-refractivity contribution in [2.24, 2.45) is 0 Å². The van der Waals surface area contributed by atoms with Gasteiger partial charge in [-0.3, -0.25) is 4.79 Å². The molecule has 0 saturated heterocycles. The van der Waals surface area contributed by atoms with E-state index < -0.39 is 6.10 Å². The molecule has 0 radical (unpaired) electrons. The normalized spacial score (nSPS) is 17.2. The summed E-state index contributed by atoms with van der Waals surface area (Å²) in [6, 6.07) is 5.71. The zero-order valence-electron chi connectivity index (χ0n) is 9.49. The zero-order valence-corrected chi connectivity index (χ0v) is 9.49. The van der Waals surface area contributed by atoms with Gasteiger partial charge in [0.15, 0.2) is 0 Å². The third-order valence-electron chi connectivity index (χ3n) is 3.06. The van der Waals surface area contributed by atoms with Gasteiger partial charge in [0, 0.05) is 12.1 Å². The van der Waals surface area contributed by atoms with Gasteiger partial charge < -0.3 is 10.4 Å². The Morgan fingerprint density at radius 2 is 2.31 bits per heavy atom. The number of nitrogens with one attached hydrogen (secondary N) is 1. The Morgan fingerprint density at radius 1 is 1.50 bits per heavy atom. The molecule has 0 aliphatic carbocycles. The van der Waals surface area contributed by atoms with E-state index in [-0.39, 0.29) is 5.91 Å². The lowest BCUT2D eigenvalue weighted by Gasteiger charge is -2.11. The van der Waals surface area contributed by atoms with E-state index in [0.29, 0.717) is 6.42 Å². The van der Waals surface area contributed by atoms with Crippen LogP contribution < -0.4 is 5.32 Å². The molecule has 0 fully saturated rings. The van der Waals surface area contributed by atoms with Crippen molar-refractivity contribution in [1.29, 1.82) is 0 Å². The lowest BCUT2D eigenvalue weighted by Crippen LogP contribution is -2.22. The predicted molar refractivity (Wildman–Crippen MR) is 62.3 cm³/mol. The topological polar surface area (TPSA) is 49.3 Å². The van der Waals surface area contributed by atoms with Crippen molar-refractivity contribution in [3.63, 3.8) is 0 Å². The van der Waals surface area contributed by atoms with Crippen molar-refractivity contribution in [2.75, 3.05) is 6.54 Å². The van der Waals surface area contributed by atoms with Crippen molar-refractivity contribution >= 4 is 5.91 Å².